The zero-order chi connectivity index (χ0) is 20.6. The van der Waals surface area contributed by atoms with Crippen molar-refractivity contribution >= 4 is 5.65 Å². The number of hydrogen-bond acceptors (Lipinski definition) is 5. The average molecular weight is 397 g/mol. The summed E-state index contributed by atoms with van der Waals surface area (Å²) >= 11 is 0. The topological polar surface area (TPSA) is 77.9 Å². The third-order valence-corrected chi connectivity index (χ3v) is 5.49. The van der Waals surface area contributed by atoms with Gasteiger partial charge in [-0.25, -0.2) is 9.50 Å². The van der Waals surface area contributed by atoms with Crippen molar-refractivity contribution in [1.82, 2.24) is 14.6 Å². The van der Waals surface area contributed by atoms with Gasteiger partial charge in [0.1, 0.15) is 5.75 Å². The van der Waals surface area contributed by atoms with Gasteiger partial charge in [0.15, 0.2) is 5.65 Å². The molecule has 0 aliphatic carbocycles. The van der Waals surface area contributed by atoms with Gasteiger partial charge < -0.3 is 14.2 Å². The van der Waals surface area contributed by atoms with Crippen LogP contribution in [0.3, 0.4) is 0 Å². The van der Waals surface area contributed by atoms with E-state index in [0.29, 0.717) is 18.9 Å². The van der Waals surface area contributed by atoms with Crippen molar-refractivity contribution in [3.8, 4) is 16.9 Å². The van der Waals surface area contributed by atoms with E-state index in [9.17, 15) is 4.79 Å². The van der Waals surface area contributed by atoms with E-state index in [1.807, 2.05) is 24.3 Å². The second kappa shape index (κ2) is 7.65. The molecule has 29 heavy (non-hydrogen) atoms. The molecule has 7 heteroatoms. The van der Waals surface area contributed by atoms with Crippen LogP contribution in [0.5, 0.6) is 5.75 Å². The fourth-order valence-electron chi connectivity index (χ4n) is 4.10. The Hall–Kier alpha value is -2.64. The van der Waals surface area contributed by atoms with Gasteiger partial charge in [-0.15, -0.1) is 0 Å². The molecule has 1 fully saturated rings. The maximum Gasteiger partial charge on any atom is 0.272 e. The molecular weight excluding hydrogens is 370 g/mol. The van der Waals surface area contributed by atoms with Gasteiger partial charge in [0.2, 0.25) is 0 Å². The number of methoxy groups -OCH3 is 2. The van der Waals surface area contributed by atoms with Crippen LogP contribution in [0.4, 0.5) is 0 Å². The zero-order valence-corrected chi connectivity index (χ0v) is 17.3. The quantitative estimate of drug-likeness (QED) is 0.713. The second-order valence-electron chi connectivity index (χ2n) is 8.10. The highest BCUT2D eigenvalue weighted by molar-refractivity contribution is 5.80. The number of aromatic amines is 1. The number of nitrogens with zero attached hydrogens (tertiary/aromatic N) is 2. The molecule has 0 amide bonds. The van der Waals surface area contributed by atoms with E-state index in [-0.39, 0.29) is 17.1 Å². The lowest BCUT2D eigenvalue weighted by atomic mass is 9.86. The van der Waals surface area contributed by atoms with Gasteiger partial charge >= 0.3 is 0 Å². The van der Waals surface area contributed by atoms with E-state index >= 15 is 0 Å². The van der Waals surface area contributed by atoms with Crippen molar-refractivity contribution in [2.75, 3.05) is 20.8 Å². The van der Waals surface area contributed by atoms with Crippen molar-refractivity contribution in [2.24, 2.45) is 0 Å². The highest BCUT2D eigenvalue weighted by atomic mass is 16.5. The van der Waals surface area contributed by atoms with E-state index in [1.54, 1.807) is 20.3 Å². The number of hydrogen-bond donors (Lipinski definition) is 1. The molecule has 0 bridgehead atoms. The number of nitrogens with one attached hydrogen (secondary N) is 1. The third kappa shape index (κ3) is 3.80. The van der Waals surface area contributed by atoms with Crippen molar-refractivity contribution in [1.29, 1.82) is 0 Å². The first-order valence-electron chi connectivity index (χ1n) is 9.84. The molecule has 1 unspecified atom stereocenters. The zero-order valence-electron chi connectivity index (χ0n) is 17.3. The van der Waals surface area contributed by atoms with Crippen LogP contribution in [-0.4, -0.2) is 41.0 Å². The highest BCUT2D eigenvalue weighted by Gasteiger charge is 2.31. The summed E-state index contributed by atoms with van der Waals surface area (Å²) in [6.07, 6.45) is 1.70. The maximum atomic E-state index is 12.9. The maximum absolute atomic E-state index is 12.9. The van der Waals surface area contributed by atoms with Crippen LogP contribution < -0.4 is 10.3 Å². The molecule has 0 spiro atoms. The Morgan fingerprint density at radius 3 is 2.69 bits per heavy atom. The minimum Gasteiger partial charge on any atom is -0.497 e. The van der Waals surface area contributed by atoms with E-state index in [1.165, 1.54) is 4.52 Å². The Kier molecular flexibility index (Phi) is 5.19. The minimum absolute atomic E-state index is 0.119. The summed E-state index contributed by atoms with van der Waals surface area (Å²) in [5.74, 6) is 0.970. The predicted molar refractivity (Wildman–Crippen MR) is 111 cm³/mol. The van der Waals surface area contributed by atoms with Gasteiger partial charge in [-0.2, -0.15) is 0 Å². The van der Waals surface area contributed by atoms with Crippen molar-refractivity contribution in [3.63, 3.8) is 0 Å². The van der Waals surface area contributed by atoms with Gasteiger partial charge in [0.25, 0.3) is 5.56 Å². The number of H-pyrrole nitrogens is 1. The van der Waals surface area contributed by atoms with Gasteiger partial charge in [0.05, 0.1) is 30.7 Å². The molecule has 4 rings (SSSR count). The fourth-order valence-corrected chi connectivity index (χ4v) is 4.10. The Morgan fingerprint density at radius 1 is 1.28 bits per heavy atom. The molecule has 0 saturated carbocycles. The summed E-state index contributed by atoms with van der Waals surface area (Å²) in [6.45, 7) is 5.19. The fraction of sp³-hybridized carbons (Fsp3) is 0.455. The molecule has 1 saturated heterocycles. The average Bonchev–Trinajstić information content (AvgIpc) is 3.06. The molecule has 3 aromatic rings. The smallest absolute Gasteiger partial charge is 0.272 e. The molecule has 0 radical (unpaired) electrons. The SMILES string of the molecule is COCc1[nH]n2c(=O)cc(C3CCOC(C)(C)C3)nc2c1-c1ccc(OC)cc1. The molecule has 1 aromatic carbocycles. The number of fused-ring (bicyclic) bond motifs is 1. The molecule has 7 nitrogen and oxygen atoms in total. The lowest BCUT2D eigenvalue weighted by Crippen LogP contribution is -2.33. The predicted octanol–water partition coefficient (Wildman–Crippen LogP) is 3.52. The van der Waals surface area contributed by atoms with Crippen LogP contribution in [0, 0.1) is 0 Å². The standard InChI is InChI=1S/C22H27N3O4/c1-22(2)12-15(9-10-29-22)17-11-19(26)25-21(23-17)20(18(24-25)13-27-3)14-5-7-16(28-4)8-6-14/h5-8,11,15,24H,9-10,12-13H2,1-4H3. The van der Waals surface area contributed by atoms with E-state index < -0.39 is 0 Å². The van der Waals surface area contributed by atoms with Crippen LogP contribution in [0.2, 0.25) is 0 Å². The van der Waals surface area contributed by atoms with Crippen LogP contribution in [0.15, 0.2) is 35.1 Å². The Balaban J connectivity index is 1.87. The summed E-state index contributed by atoms with van der Waals surface area (Å²) in [7, 11) is 3.27. The first-order chi connectivity index (χ1) is 13.9. The molecule has 1 N–H and O–H groups in total. The van der Waals surface area contributed by atoms with Gasteiger partial charge in [0, 0.05) is 31.3 Å². The third-order valence-electron chi connectivity index (χ3n) is 5.49. The van der Waals surface area contributed by atoms with Gasteiger partial charge in [-0.05, 0) is 44.4 Å². The molecule has 154 valence electrons. The van der Waals surface area contributed by atoms with Gasteiger partial charge in [-0.1, -0.05) is 12.1 Å². The van der Waals surface area contributed by atoms with Crippen molar-refractivity contribution in [2.45, 2.75) is 44.8 Å². The molecule has 1 atom stereocenters. The number of rotatable bonds is 5. The summed E-state index contributed by atoms with van der Waals surface area (Å²) in [4.78, 5) is 17.8. The number of benzene rings is 1. The Morgan fingerprint density at radius 2 is 2.03 bits per heavy atom. The van der Waals surface area contributed by atoms with Crippen LogP contribution in [0.25, 0.3) is 16.8 Å². The molecule has 1 aliphatic heterocycles. The second-order valence-corrected chi connectivity index (χ2v) is 8.10. The van der Waals surface area contributed by atoms with Crippen molar-refractivity contribution in [3.05, 3.63) is 52.1 Å². The summed E-state index contributed by atoms with van der Waals surface area (Å²) in [6, 6.07) is 9.38. The van der Waals surface area contributed by atoms with Crippen LogP contribution in [0.1, 0.15) is 44.0 Å². The number of ether oxygens (including phenoxy) is 3. The molecular formula is C22H27N3O4. The lowest BCUT2D eigenvalue weighted by Gasteiger charge is -2.35. The Bertz CT molecular complexity index is 1070. The largest absolute Gasteiger partial charge is 0.497 e. The summed E-state index contributed by atoms with van der Waals surface area (Å²) < 4.78 is 18.0. The highest BCUT2D eigenvalue weighted by Crippen LogP contribution is 2.35. The first kappa shape index (κ1) is 19.7. The van der Waals surface area contributed by atoms with Crippen LogP contribution >= 0.6 is 0 Å². The van der Waals surface area contributed by atoms with Crippen LogP contribution in [-0.2, 0) is 16.1 Å². The van der Waals surface area contributed by atoms with E-state index in [0.717, 1.165) is 41.1 Å². The molecule has 3 heterocycles. The van der Waals surface area contributed by atoms with Crippen molar-refractivity contribution < 1.29 is 14.2 Å². The van der Waals surface area contributed by atoms with E-state index in [2.05, 4.69) is 18.9 Å². The van der Waals surface area contributed by atoms with E-state index in [4.69, 9.17) is 19.2 Å². The lowest BCUT2D eigenvalue weighted by molar-refractivity contribution is -0.0597. The molecule has 2 aromatic heterocycles. The monoisotopic (exact) mass is 397 g/mol. The summed E-state index contributed by atoms with van der Waals surface area (Å²) in [5, 5.41) is 3.17. The molecule has 1 aliphatic rings. The Labute approximate surface area is 169 Å². The van der Waals surface area contributed by atoms with Gasteiger partial charge in [-0.3, -0.25) is 9.89 Å². The first-order valence-corrected chi connectivity index (χ1v) is 9.84. The number of aromatic nitrogens is 3. The summed E-state index contributed by atoms with van der Waals surface area (Å²) in [5.41, 5.74) is 3.75. The normalized spacial score (nSPS) is 18.8. The minimum atomic E-state index is -0.214.